The minimum absolute atomic E-state index is 0.132. The Labute approximate surface area is 189 Å². The molecule has 0 spiro atoms. The van der Waals surface area contributed by atoms with Crippen LogP contribution in [-0.4, -0.2) is 33.5 Å². The van der Waals surface area contributed by atoms with Crippen molar-refractivity contribution in [1.82, 2.24) is 10.0 Å². The standard InChI is InChI=1S/C22H21F3N4O3S/c23-22(24,25)32-17-7-9-18(10-8-17)33(30,31)28-11-3-4-15-12-16-13-26-14-27-21(16)29-20-6-2-1-5-19(15)20/h1-2,5-10,13-15,28H,3-4,11-12H2,(H,26,27,29). The molecule has 0 radical (unpaired) electrons. The first-order valence-electron chi connectivity index (χ1n) is 10.2. The monoisotopic (exact) mass is 478 g/mol. The van der Waals surface area contributed by atoms with Crippen molar-refractivity contribution in [1.29, 1.82) is 0 Å². The Morgan fingerprint density at radius 1 is 1.12 bits per heavy atom. The Hall–Kier alpha value is -3.18. The summed E-state index contributed by atoms with van der Waals surface area (Å²) in [5.74, 6) is 0.414. The number of hydrogen-bond donors (Lipinski definition) is 2. The van der Waals surface area contributed by atoms with E-state index in [-0.39, 0.29) is 17.4 Å². The molecular weight excluding hydrogens is 457 g/mol. The van der Waals surface area contributed by atoms with E-state index in [1.807, 2.05) is 24.3 Å². The summed E-state index contributed by atoms with van der Waals surface area (Å²) in [6.07, 6.45) is 0.518. The summed E-state index contributed by atoms with van der Waals surface area (Å²) in [5.41, 5.74) is 2.94. The molecule has 11 heteroatoms. The third-order valence-electron chi connectivity index (χ3n) is 5.27. The maximum atomic E-state index is 12.5. The average molecular weight is 478 g/mol. The molecule has 0 fully saturated rings. The van der Waals surface area contributed by atoms with Crippen LogP contribution in [0.15, 0.2) is 75.2 Å². The van der Waals surface area contributed by atoms with Crippen molar-refractivity contribution in [2.45, 2.75) is 36.4 Å². The first-order chi connectivity index (χ1) is 15.7. The number of aliphatic imine (C=N–C) groups is 2. The number of hydrogen-bond acceptors (Lipinski definition) is 6. The SMILES string of the molecule is O=S(=O)(NCCCC1CC2=CN=CNC2=Nc2ccccc21)c1ccc(OC(F)(F)F)cc1. The summed E-state index contributed by atoms with van der Waals surface area (Å²) in [6.45, 7) is 0.185. The Morgan fingerprint density at radius 3 is 2.64 bits per heavy atom. The molecule has 2 aromatic carbocycles. The number of nitrogens with one attached hydrogen (secondary N) is 2. The molecule has 2 N–H and O–H groups in total. The molecule has 2 aliphatic rings. The molecule has 0 aliphatic carbocycles. The van der Waals surface area contributed by atoms with Crippen LogP contribution in [0.3, 0.4) is 0 Å². The van der Waals surface area contributed by atoms with E-state index < -0.39 is 22.1 Å². The minimum Gasteiger partial charge on any atom is -0.406 e. The quantitative estimate of drug-likeness (QED) is 0.578. The largest absolute Gasteiger partial charge is 0.573 e. The van der Waals surface area contributed by atoms with Gasteiger partial charge in [-0.3, -0.25) is 0 Å². The number of amidine groups is 1. The van der Waals surface area contributed by atoms with Crippen LogP contribution in [0.5, 0.6) is 5.75 Å². The normalized spacial score (nSPS) is 17.7. The zero-order valence-corrected chi connectivity index (χ0v) is 18.2. The predicted octanol–water partition coefficient (Wildman–Crippen LogP) is 4.38. The van der Waals surface area contributed by atoms with Crippen LogP contribution in [0.1, 0.15) is 30.7 Å². The lowest BCUT2D eigenvalue weighted by Crippen LogP contribution is -2.26. The predicted molar refractivity (Wildman–Crippen MR) is 118 cm³/mol. The van der Waals surface area contributed by atoms with Gasteiger partial charge >= 0.3 is 6.36 Å². The minimum atomic E-state index is -4.84. The molecule has 2 heterocycles. The van der Waals surface area contributed by atoms with Gasteiger partial charge in [0.1, 0.15) is 11.6 Å². The van der Waals surface area contributed by atoms with Crippen LogP contribution in [0.4, 0.5) is 18.9 Å². The third kappa shape index (κ3) is 5.79. The van der Waals surface area contributed by atoms with Crippen LogP contribution in [-0.2, 0) is 10.0 Å². The number of benzene rings is 2. The molecule has 4 rings (SSSR count). The topological polar surface area (TPSA) is 92.2 Å². The third-order valence-corrected chi connectivity index (χ3v) is 6.75. The van der Waals surface area contributed by atoms with Gasteiger partial charge in [0, 0.05) is 18.3 Å². The van der Waals surface area contributed by atoms with Gasteiger partial charge in [0.05, 0.1) is 16.9 Å². The van der Waals surface area contributed by atoms with Gasteiger partial charge in [-0.1, -0.05) is 18.2 Å². The highest BCUT2D eigenvalue weighted by molar-refractivity contribution is 7.89. The van der Waals surface area contributed by atoms with Gasteiger partial charge in [-0.05, 0) is 61.1 Å². The molecule has 1 unspecified atom stereocenters. The van der Waals surface area contributed by atoms with Crippen LogP contribution < -0.4 is 14.8 Å². The molecule has 2 aliphatic heterocycles. The van der Waals surface area contributed by atoms with Gasteiger partial charge in [-0.2, -0.15) is 0 Å². The second kappa shape index (κ2) is 9.36. The number of ether oxygens (including phenoxy) is 1. The Bertz CT molecular complexity index is 1210. The highest BCUT2D eigenvalue weighted by Gasteiger charge is 2.31. The van der Waals surface area contributed by atoms with E-state index in [0.717, 1.165) is 46.9 Å². The van der Waals surface area contributed by atoms with Gasteiger partial charge in [0.2, 0.25) is 10.0 Å². The van der Waals surface area contributed by atoms with Crippen molar-refractivity contribution in [2.75, 3.05) is 6.54 Å². The van der Waals surface area contributed by atoms with E-state index in [1.165, 1.54) is 0 Å². The fourth-order valence-corrected chi connectivity index (χ4v) is 4.85. The van der Waals surface area contributed by atoms with Gasteiger partial charge in [-0.15, -0.1) is 13.2 Å². The summed E-state index contributed by atoms with van der Waals surface area (Å²) >= 11 is 0. The van der Waals surface area contributed by atoms with Crippen molar-refractivity contribution in [3.63, 3.8) is 0 Å². The highest BCUT2D eigenvalue weighted by atomic mass is 32.2. The van der Waals surface area contributed by atoms with Crippen LogP contribution in [0, 0.1) is 0 Å². The molecule has 174 valence electrons. The number of alkyl halides is 3. The lowest BCUT2D eigenvalue weighted by atomic mass is 9.88. The molecule has 7 nitrogen and oxygen atoms in total. The zero-order valence-electron chi connectivity index (χ0n) is 17.3. The van der Waals surface area contributed by atoms with Crippen molar-refractivity contribution >= 4 is 27.9 Å². The maximum Gasteiger partial charge on any atom is 0.573 e. The number of sulfonamides is 1. The van der Waals surface area contributed by atoms with E-state index in [4.69, 9.17) is 4.99 Å². The molecule has 1 atom stereocenters. The molecule has 33 heavy (non-hydrogen) atoms. The Balaban J connectivity index is 1.37. The van der Waals surface area contributed by atoms with Gasteiger partial charge in [-0.25, -0.2) is 23.1 Å². The average Bonchev–Trinajstić information content (AvgIpc) is 2.92. The highest BCUT2D eigenvalue weighted by Crippen LogP contribution is 2.38. The van der Waals surface area contributed by atoms with Gasteiger partial charge in [0.25, 0.3) is 0 Å². The first kappa shape index (κ1) is 23.0. The van der Waals surface area contributed by atoms with Gasteiger partial charge in [0.15, 0.2) is 0 Å². The lowest BCUT2D eigenvalue weighted by Gasteiger charge is -2.18. The lowest BCUT2D eigenvalue weighted by molar-refractivity contribution is -0.274. The zero-order chi connectivity index (χ0) is 23.5. The Morgan fingerprint density at radius 2 is 1.88 bits per heavy atom. The van der Waals surface area contributed by atoms with Crippen LogP contribution in [0.2, 0.25) is 0 Å². The van der Waals surface area contributed by atoms with Crippen molar-refractivity contribution in [3.8, 4) is 5.75 Å². The van der Waals surface area contributed by atoms with Crippen LogP contribution >= 0.6 is 0 Å². The number of fused-ring (bicyclic) bond motifs is 2. The number of rotatable bonds is 7. The number of para-hydroxylation sites is 1. The van der Waals surface area contributed by atoms with E-state index in [1.54, 1.807) is 12.5 Å². The number of nitrogens with zero attached hydrogens (tertiary/aromatic N) is 2. The van der Waals surface area contributed by atoms with Crippen molar-refractivity contribution in [3.05, 3.63) is 65.9 Å². The molecule has 2 aromatic rings. The Kier molecular flexibility index (Phi) is 6.52. The second-order valence-electron chi connectivity index (χ2n) is 7.56. The van der Waals surface area contributed by atoms with Crippen molar-refractivity contribution in [2.24, 2.45) is 9.98 Å². The second-order valence-corrected chi connectivity index (χ2v) is 9.32. The molecule has 0 bridgehead atoms. The molecule has 0 saturated carbocycles. The first-order valence-corrected chi connectivity index (χ1v) is 11.7. The number of halogens is 3. The van der Waals surface area contributed by atoms with Crippen LogP contribution in [0.25, 0.3) is 0 Å². The van der Waals surface area contributed by atoms with E-state index in [9.17, 15) is 21.6 Å². The van der Waals surface area contributed by atoms with Gasteiger partial charge < -0.3 is 10.1 Å². The molecule has 0 amide bonds. The molecular formula is C22H21F3N4O3S. The smallest absolute Gasteiger partial charge is 0.406 e. The summed E-state index contributed by atoms with van der Waals surface area (Å²) < 4.78 is 68.1. The summed E-state index contributed by atoms with van der Waals surface area (Å²) in [6, 6.07) is 11.9. The van der Waals surface area contributed by atoms with E-state index in [0.29, 0.717) is 19.3 Å². The molecule has 0 saturated heterocycles. The summed E-state index contributed by atoms with van der Waals surface area (Å²) in [7, 11) is -3.86. The summed E-state index contributed by atoms with van der Waals surface area (Å²) in [4.78, 5) is 8.71. The molecule has 0 aromatic heterocycles. The fourth-order valence-electron chi connectivity index (χ4n) is 3.78. The van der Waals surface area contributed by atoms with E-state index >= 15 is 0 Å². The van der Waals surface area contributed by atoms with Crippen molar-refractivity contribution < 1.29 is 26.3 Å². The summed E-state index contributed by atoms with van der Waals surface area (Å²) in [5, 5.41) is 3.07. The maximum absolute atomic E-state index is 12.5. The van der Waals surface area contributed by atoms with E-state index in [2.05, 4.69) is 19.8 Å². The fraction of sp³-hybridized carbons (Fsp3) is 0.273.